The Hall–Kier alpha value is -5.11. The molecule has 5 aromatic rings. The Morgan fingerprint density at radius 1 is 0.925 bits per heavy atom. The van der Waals surface area contributed by atoms with E-state index in [1.54, 1.807) is 11.0 Å². The Balaban J connectivity index is 1.40. The second kappa shape index (κ2) is 8.71. The molecule has 2 aliphatic rings. The van der Waals surface area contributed by atoms with Crippen molar-refractivity contribution in [3.8, 4) is 11.1 Å². The van der Waals surface area contributed by atoms with Crippen molar-refractivity contribution in [2.45, 2.75) is 20.4 Å². The number of aryl methyl sites for hydroxylation is 1. The van der Waals surface area contributed by atoms with E-state index in [0.29, 0.717) is 36.5 Å². The molecule has 1 fully saturated rings. The van der Waals surface area contributed by atoms with Crippen LogP contribution in [0.1, 0.15) is 37.4 Å². The van der Waals surface area contributed by atoms with Gasteiger partial charge in [-0.3, -0.25) is 14.5 Å². The van der Waals surface area contributed by atoms with Crippen LogP contribution in [0, 0.1) is 13.8 Å². The first-order valence-electron chi connectivity index (χ1n) is 13.2. The summed E-state index contributed by atoms with van der Waals surface area (Å²) in [5.74, 6) is -0.544. The number of cyclic esters (lactones) is 1. The Labute approximate surface area is 229 Å². The molecule has 0 unspecified atom stereocenters. The average Bonchev–Trinajstić information content (AvgIpc) is 3.62. The Kier molecular flexibility index (Phi) is 5.22. The minimum atomic E-state index is -0.535. The smallest absolute Gasteiger partial charge is 0.414 e. The summed E-state index contributed by atoms with van der Waals surface area (Å²) in [6.07, 6.45) is -0.379. The zero-order chi connectivity index (χ0) is 27.7. The highest BCUT2D eigenvalue weighted by Crippen LogP contribution is 2.41. The summed E-state index contributed by atoms with van der Waals surface area (Å²) < 4.78 is 5.11. The van der Waals surface area contributed by atoms with Gasteiger partial charge < -0.3 is 20.4 Å². The lowest BCUT2D eigenvalue weighted by atomic mass is 9.93. The van der Waals surface area contributed by atoms with Gasteiger partial charge in [0.1, 0.15) is 6.61 Å². The minimum Gasteiger partial charge on any atom is -0.447 e. The highest BCUT2D eigenvalue weighted by atomic mass is 16.6. The number of anilines is 2. The summed E-state index contributed by atoms with van der Waals surface area (Å²) in [6, 6.07) is 21.3. The van der Waals surface area contributed by atoms with Crippen molar-refractivity contribution in [2.24, 2.45) is 5.73 Å². The Morgan fingerprint density at radius 3 is 2.52 bits per heavy atom. The van der Waals surface area contributed by atoms with Crippen LogP contribution in [-0.4, -0.2) is 36.0 Å². The number of hydrogen-bond donors (Lipinski definition) is 2. The van der Waals surface area contributed by atoms with Gasteiger partial charge in [-0.1, -0.05) is 42.0 Å². The lowest BCUT2D eigenvalue weighted by molar-refractivity contribution is 0.0990. The summed E-state index contributed by atoms with van der Waals surface area (Å²) >= 11 is 0. The van der Waals surface area contributed by atoms with Crippen LogP contribution >= 0.6 is 0 Å². The third-order valence-electron chi connectivity index (χ3n) is 8.03. The monoisotopic (exact) mass is 530 g/mol. The lowest BCUT2D eigenvalue weighted by Gasteiger charge is -2.21. The van der Waals surface area contributed by atoms with Crippen molar-refractivity contribution in [3.05, 3.63) is 94.5 Å². The van der Waals surface area contributed by atoms with Crippen LogP contribution < -0.4 is 15.5 Å². The van der Waals surface area contributed by atoms with Crippen LogP contribution in [-0.2, 0) is 11.3 Å². The summed E-state index contributed by atoms with van der Waals surface area (Å²) in [7, 11) is 0. The standard InChI is InChI=1S/C32H26N4O4/c1-17-6-8-22-19(14-17)16-36(31(22)38)27-5-3-4-21(18(27)2)23-10-11-25(30(33)37)29-28(23)24-9-7-20(15-26(24)34-29)35-12-13-40-32(35)39/h3-11,14-15,34H,12-13,16H2,1-2H3,(H2,33,37). The van der Waals surface area contributed by atoms with Crippen LogP contribution in [0.2, 0.25) is 0 Å². The van der Waals surface area contributed by atoms with Crippen LogP contribution in [0.25, 0.3) is 32.9 Å². The number of hydrogen-bond acceptors (Lipinski definition) is 4. The molecule has 2 aliphatic heterocycles. The number of amides is 3. The minimum absolute atomic E-state index is 0.00969. The summed E-state index contributed by atoms with van der Waals surface area (Å²) in [5, 5.41) is 1.75. The van der Waals surface area contributed by atoms with Gasteiger partial charge in [-0.25, -0.2) is 4.79 Å². The number of benzene rings is 4. The topological polar surface area (TPSA) is 109 Å². The van der Waals surface area contributed by atoms with E-state index in [9.17, 15) is 14.4 Å². The number of carbonyl (C=O) groups is 3. The van der Waals surface area contributed by atoms with Gasteiger partial charge >= 0.3 is 6.09 Å². The maximum Gasteiger partial charge on any atom is 0.414 e. The maximum atomic E-state index is 13.4. The van der Waals surface area contributed by atoms with Crippen LogP contribution in [0.3, 0.4) is 0 Å². The third-order valence-corrected chi connectivity index (χ3v) is 8.03. The maximum absolute atomic E-state index is 13.4. The molecule has 8 heteroatoms. The van der Waals surface area contributed by atoms with E-state index >= 15 is 0 Å². The van der Waals surface area contributed by atoms with E-state index < -0.39 is 5.91 Å². The second-order valence-electron chi connectivity index (χ2n) is 10.4. The molecule has 0 radical (unpaired) electrons. The number of primary amides is 1. The molecular weight excluding hydrogens is 504 g/mol. The highest BCUT2D eigenvalue weighted by molar-refractivity contribution is 6.21. The number of nitrogens with one attached hydrogen (secondary N) is 1. The molecule has 40 heavy (non-hydrogen) atoms. The van der Waals surface area contributed by atoms with Crippen LogP contribution in [0.15, 0.2) is 66.7 Å². The number of ether oxygens (including phenoxy) is 1. The van der Waals surface area contributed by atoms with Crippen molar-refractivity contribution >= 4 is 51.1 Å². The van der Waals surface area contributed by atoms with Crippen molar-refractivity contribution in [2.75, 3.05) is 23.0 Å². The second-order valence-corrected chi connectivity index (χ2v) is 10.4. The van der Waals surface area contributed by atoms with E-state index in [1.165, 1.54) is 0 Å². The van der Waals surface area contributed by atoms with Gasteiger partial charge in [0.05, 0.1) is 24.2 Å². The molecule has 1 aromatic heterocycles. The predicted octanol–water partition coefficient (Wildman–Crippen LogP) is 5.82. The van der Waals surface area contributed by atoms with E-state index in [2.05, 4.69) is 11.1 Å². The third kappa shape index (κ3) is 3.49. The summed E-state index contributed by atoms with van der Waals surface area (Å²) in [4.78, 5) is 44.7. The summed E-state index contributed by atoms with van der Waals surface area (Å²) in [6.45, 7) is 5.39. The number of aromatic amines is 1. The number of H-pyrrole nitrogens is 1. The molecule has 3 heterocycles. The number of fused-ring (bicyclic) bond motifs is 4. The average molecular weight is 531 g/mol. The number of rotatable bonds is 4. The molecular formula is C32H26N4O4. The summed E-state index contributed by atoms with van der Waals surface area (Å²) in [5.41, 5.74) is 14.8. The molecule has 8 nitrogen and oxygen atoms in total. The largest absolute Gasteiger partial charge is 0.447 e. The SMILES string of the molecule is Cc1ccc2c(c1)CN(c1cccc(-c3ccc(C(N)=O)c4[nH]c5cc(N6CCOC6=O)ccc5c34)c1C)C2=O. The van der Waals surface area contributed by atoms with E-state index in [1.807, 2.05) is 73.3 Å². The normalized spacial score (nSPS) is 14.8. The molecule has 0 bridgehead atoms. The molecule has 3 amide bonds. The van der Waals surface area contributed by atoms with Gasteiger partial charge in [0.15, 0.2) is 0 Å². The molecule has 0 saturated carbocycles. The quantitative estimate of drug-likeness (QED) is 0.305. The fourth-order valence-electron chi connectivity index (χ4n) is 6.08. The van der Waals surface area contributed by atoms with E-state index in [-0.39, 0.29) is 12.0 Å². The molecule has 0 spiro atoms. The van der Waals surface area contributed by atoms with Gasteiger partial charge in [0.25, 0.3) is 11.8 Å². The van der Waals surface area contributed by atoms with Crippen LogP contribution in [0.4, 0.5) is 16.2 Å². The molecule has 7 rings (SSSR count). The van der Waals surface area contributed by atoms with Crippen molar-refractivity contribution < 1.29 is 19.1 Å². The number of nitrogens with two attached hydrogens (primary N) is 1. The first kappa shape index (κ1) is 24.0. The Bertz CT molecular complexity index is 1920. The molecule has 198 valence electrons. The molecule has 1 saturated heterocycles. The zero-order valence-corrected chi connectivity index (χ0v) is 22.1. The number of aromatic nitrogens is 1. The number of carbonyl (C=O) groups excluding carboxylic acids is 3. The van der Waals surface area contributed by atoms with Crippen molar-refractivity contribution in [3.63, 3.8) is 0 Å². The number of nitrogens with zero attached hydrogens (tertiary/aromatic N) is 2. The van der Waals surface area contributed by atoms with Gasteiger partial charge in [-0.05, 0) is 66.4 Å². The van der Waals surface area contributed by atoms with Gasteiger partial charge in [-0.15, -0.1) is 0 Å². The zero-order valence-electron chi connectivity index (χ0n) is 22.1. The van der Waals surface area contributed by atoms with Crippen LogP contribution in [0.5, 0.6) is 0 Å². The first-order valence-corrected chi connectivity index (χ1v) is 13.2. The fraction of sp³-hybridized carbons (Fsp3) is 0.156. The fourth-order valence-corrected chi connectivity index (χ4v) is 6.08. The van der Waals surface area contributed by atoms with Gasteiger partial charge in [0, 0.05) is 33.2 Å². The Morgan fingerprint density at radius 2 is 1.75 bits per heavy atom. The predicted molar refractivity (Wildman–Crippen MR) is 155 cm³/mol. The van der Waals surface area contributed by atoms with E-state index in [4.69, 9.17) is 10.5 Å². The van der Waals surface area contributed by atoms with E-state index in [0.717, 1.165) is 55.4 Å². The molecule has 3 N–H and O–H groups in total. The van der Waals surface area contributed by atoms with Gasteiger partial charge in [-0.2, -0.15) is 0 Å². The van der Waals surface area contributed by atoms with Crippen molar-refractivity contribution in [1.82, 2.24) is 4.98 Å². The first-order chi connectivity index (χ1) is 19.3. The highest BCUT2D eigenvalue weighted by Gasteiger charge is 2.30. The molecule has 4 aromatic carbocycles. The lowest BCUT2D eigenvalue weighted by Crippen LogP contribution is -2.24. The van der Waals surface area contributed by atoms with Gasteiger partial charge in [0.2, 0.25) is 0 Å². The molecule has 0 atom stereocenters. The molecule has 0 aliphatic carbocycles. The van der Waals surface area contributed by atoms with Crippen molar-refractivity contribution in [1.29, 1.82) is 0 Å².